The van der Waals surface area contributed by atoms with Crippen molar-refractivity contribution in [2.75, 3.05) is 0 Å². The van der Waals surface area contributed by atoms with Crippen LogP contribution in [0.3, 0.4) is 0 Å². The molecule has 0 aliphatic heterocycles. The molecule has 0 saturated heterocycles. The summed E-state index contributed by atoms with van der Waals surface area (Å²) in [7, 11) is 0.841. The molecular formula is C17H21P. The maximum atomic E-state index is 2.37. The van der Waals surface area contributed by atoms with Crippen LogP contribution >= 0.6 is 8.19 Å². The minimum Gasteiger partial charge on any atom is -0.123 e. The lowest BCUT2D eigenvalue weighted by atomic mass is 10.0. The van der Waals surface area contributed by atoms with E-state index in [4.69, 9.17) is 0 Å². The highest BCUT2D eigenvalue weighted by Crippen LogP contribution is 2.38. The Labute approximate surface area is 111 Å². The SMILES string of the molecule is CC.CC(C)c1ccc2[pH]c3ccccc3c2c1. The first-order valence-corrected chi connectivity index (χ1v) is 7.76. The minimum absolute atomic E-state index is 0.612. The molecular weight excluding hydrogens is 235 g/mol. The van der Waals surface area contributed by atoms with Crippen molar-refractivity contribution in [1.82, 2.24) is 0 Å². The van der Waals surface area contributed by atoms with Crippen LogP contribution in [-0.4, -0.2) is 0 Å². The highest BCUT2D eigenvalue weighted by Gasteiger charge is 2.05. The third-order valence-electron chi connectivity index (χ3n) is 3.20. The fourth-order valence-electron chi connectivity index (χ4n) is 2.22. The van der Waals surface area contributed by atoms with Crippen molar-refractivity contribution in [3.05, 3.63) is 48.0 Å². The Morgan fingerprint density at radius 2 is 1.50 bits per heavy atom. The number of benzene rings is 2. The highest BCUT2D eigenvalue weighted by atomic mass is 31.0. The largest absolute Gasteiger partial charge is 0.123 e. The fourth-order valence-corrected chi connectivity index (χ4v) is 3.56. The van der Waals surface area contributed by atoms with E-state index in [1.165, 1.54) is 26.6 Å². The van der Waals surface area contributed by atoms with Crippen LogP contribution in [0.1, 0.15) is 39.2 Å². The van der Waals surface area contributed by atoms with Gasteiger partial charge in [-0.2, -0.15) is 0 Å². The molecule has 3 rings (SSSR count). The van der Waals surface area contributed by atoms with Gasteiger partial charge in [0.05, 0.1) is 0 Å². The van der Waals surface area contributed by atoms with Crippen LogP contribution in [0.4, 0.5) is 0 Å². The van der Waals surface area contributed by atoms with E-state index < -0.39 is 0 Å². The number of hydrogen-bond acceptors (Lipinski definition) is 0. The summed E-state index contributed by atoms with van der Waals surface area (Å²) in [6, 6.07) is 15.7. The van der Waals surface area contributed by atoms with Crippen LogP contribution < -0.4 is 0 Å². The van der Waals surface area contributed by atoms with Gasteiger partial charge in [-0.1, -0.05) is 64.1 Å². The van der Waals surface area contributed by atoms with Crippen molar-refractivity contribution in [3.8, 4) is 0 Å². The molecule has 0 spiro atoms. The smallest absolute Gasteiger partial charge is 0.000584 e. The molecule has 0 amide bonds. The van der Waals surface area contributed by atoms with Crippen molar-refractivity contribution in [1.29, 1.82) is 0 Å². The van der Waals surface area contributed by atoms with Gasteiger partial charge in [0, 0.05) is 0 Å². The van der Waals surface area contributed by atoms with E-state index in [0.717, 1.165) is 8.19 Å². The fraction of sp³-hybridized carbons (Fsp3) is 0.294. The standard InChI is InChI=1S/C15H15P.C2H6/c1-10(2)11-7-8-15-13(9-11)12-5-3-4-6-14(12)16-15;1-2/h3-10,16H,1-2H3;1-2H3. The zero-order valence-electron chi connectivity index (χ0n) is 11.6. The molecule has 1 aromatic heterocycles. The van der Waals surface area contributed by atoms with Gasteiger partial charge in [0.1, 0.15) is 0 Å². The maximum absolute atomic E-state index is 2.37. The van der Waals surface area contributed by atoms with E-state index in [0.29, 0.717) is 5.92 Å². The van der Waals surface area contributed by atoms with Gasteiger partial charge in [0.15, 0.2) is 0 Å². The average molecular weight is 256 g/mol. The third-order valence-corrected chi connectivity index (χ3v) is 4.61. The molecule has 1 unspecified atom stereocenters. The molecule has 0 bridgehead atoms. The molecule has 0 aliphatic rings. The van der Waals surface area contributed by atoms with Gasteiger partial charge in [-0.25, -0.2) is 0 Å². The van der Waals surface area contributed by atoms with Crippen LogP contribution in [0.5, 0.6) is 0 Å². The third kappa shape index (κ3) is 2.31. The van der Waals surface area contributed by atoms with Crippen molar-refractivity contribution in [3.63, 3.8) is 0 Å². The minimum atomic E-state index is 0.612. The monoisotopic (exact) mass is 256 g/mol. The van der Waals surface area contributed by atoms with Gasteiger partial charge in [-0.3, -0.25) is 0 Å². The lowest BCUT2D eigenvalue weighted by Crippen LogP contribution is -1.84. The Balaban J connectivity index is 0.000000574. The Hall–Kier alpha value is -1.26. The van der Waals surface area contributed by atoms with Crippen LogP contribution in [0.15, 0.2) is 42.5 Å². The zero-order valence-corrected chi connectivity index (χ0v) is 12.6. The number of fused-ring (bicyclic) bond motifs is 3. The highest BCUT2D eigenvalue weighted by molar-refractivity contribution is 7.43. The second-order valence-electron chi connectivity index (χ2n) is 4.63. The summed E-state index contributed by atoms with van der Waals surface area (Å²) < 4.78 is 0. The molecule has 0 N–H and O–H groups in total. The summed E-state index contributed by atoms with van der Waals surface area (Å²) >= 11 is 0. The molecule has 0 aliphatic carbocycles. The van der Waals surface area contributed by atoms with Gasteiger partial charge in [0.25, 0.3) is 0 Å². The van der Waals surface area contributed by atoms with E-state index in [2.05, 4.69) is 56.3 Å². The molecule has 1 atom stereocenters. The van der Waals surface area contributed by atoms with Crippen LogP contribution in [0.2, 0.25) is 0 Å². The molecule has 0 radical (unpaired) electrons. The molecule has 3 aromatic rings. The quantitative estimate of drug-likeness (QED) is 0.488. The summed E-state index contributed by atoms with van der Waals surface area (Å²) in [5, 5.41) is 5.91. The molecule has 0 nitrogen and oxygen atoms in total. The maximum Gasteiger partial charge on any atom is -0.000584 e. The predicted molar refractivity (Wildman–Crippen MR) is 86.4 cm³/mol. The molecule has 2 aromatic carbocycles. The molecule has 18 heavy (non-hydrogen) atoms. The zero-order chi connectivity index (χ0) is 13.1. The second kappa shape index (κ2) is 5.59. The van der Waals surface area contributed by atoms with Crippen molar-refractivity contribution < 1.29 is 0 Å². The Bertz CT molecular complexity index is 647. The summed E-state index contributed by atoms with van der Waals surface area (Å²) in [6.07, 6.45) is 0. The van der Waals surface area contributed by atoms with Crippen molar-refractivity contribution in [2.45, 2.75) is 33.6 Å². The van der Waals surface area contributed by atoms with Crippen molar-refractivity contribution >= 4 is 29.2 Å². The summed E-state index contributed by atoms with van der Waals surface area (Å²) in [5.41, 5.74) is 1.44. The average Bonchev–Trinajstić information content (AvgIpc) is 2.78. The number of rotatable bonds is 1. The van der Waals surface area contributed by atoms with Gasteiger partial charge < -0.3 is 0 Å². The van der Waals surface area contributed by atoms with Gasteiger partial charge in [-0.05, 0) is 38.6 Å². The van der Waals surface area contributed by atoms with E-state index in [1.54, 1.807) is 0 Å². The number of hydrogen-bond donors (Lipinski definition) is 0. The van der Waals surface area contributed by atoms with E-state index in [1.807, 2.05) is 13.8 Å². The lowest BCUT2D eigenvalue weighted by Gasteiger charge is -2.04. The topological polar surface area (TPSA) is 0 Å². The molecule has 0 fully saturated rings. The molecule has 1 heterocycles. The predicted octanol–water partition coefficient (Wildman–Crippen LogP) is 6.17. The Morgan fingerprint density at radius 3 is 2.22 bits per heavy atom. The van der Waals surface area contributed by atoms with E-state index >= 15 is 0 Å². The first-order chi connectivity index (χ1) is 8.75. The Morgan fingerprint density at radius 1 is 0.833 bits per heavy atom. The van der Waals surface area contributed by atoms with Crippen LogP contribution in [0.25, 0.3) is 21.0 Å². The summed E-state index contributed by atoms with van der Waals surface area (Å²) in [6.45, 7) is 8.51. The van der Waals surface area contributed by atoms with Crippen LogP contribution in [0, 0.1) is 0 Å². The first kappa shape index (κ1) is 13.2. The summed E-state index contributed by atoms with van der Waals surface area (Å²) in [4.78, 5) is 0. The van der Waals surface area contributed by atoms with Crippen molar-refractivity contribution in [2.24, 2.45) is 0 Å². The first-order valence-electron chi connectivity index (χ1n) is 6.76. The normalized spacial score (nSPS) is 11.2. The van der Waals surface area contributed by atoms with E-state index in [9.17, 15) is 0 Å². The van der Waals surface area contributed by atoms with Crippen LogP contribution in [-0.2, 0) is 0 Å². The lowest BCUT2D eigenvalue weighted by molar-refractivity contribution is 0.869. The molecule has 1 heteroatoms. The molecule has 94 valence electrons. The van der Waals surface area contributed by atoms with Gasteiger partial charge in [0.2, 0.25) is 0 Å². The second-order valence-corrected chi connectivity index (χ2v) is 5.96. The Kier molecular flexibility index (Phi) is 4.09. The van der Waals surface area contributed by atoms with Gasteiger partial charge >= 0.3 is 0 Å². The summed E-state index contributed by atoms with van der Waals surface area (Å²) in [5.74, 6) is 0.612. The van der Waals surface area contributed by atoms with E-state index in [-0.39, 0.29) is 0 Å². The van der Waals surface area contributed by atoms with Gasteiger partial charge in [-0.15, -0.1) is 8.19 Å². The molecule has 0 saturated carbocycles.